The zero-order valence-electron chi connectivity index (χ0n) is 8.75. The monoisotopic (exact) mass is 212 g/mol. The minimum atomic E-state index is -0.972. The maximum atomic E-state index is 11.4. The molecule has 2 saturated carbocycles. The fourth-order valence-electron chi connectivity index (χ4n) is 1.81. The van der Waals surface area contributed by atoms with E-state index < -0.39 is 11.5 Å². The van der Waals surface area contributed by atoms with Crippen LogP contribution in [0.25, 0.3) is 0 Å². The van der Waals surface area contributed by atoms with E-state index in [1.807, 2.05) is 0 Å². The van der Waals surface area contributed by atoms with Crippen LogP contribution in [0.5, 0.6) is 0 Å². The molecule has 0 aliphatic heterocycles. The predicted molar refractivity (Wildman–Crippen MR) is 53.5 cm³/mol. The number of carboxylic acid groups (broad SMARTS) is 1. The van der Waals surface area contributed by atoms with Crippen LogP contribution in [0.2, 0.25) is 0 Å². The summed E-state index contributed by atoms with van der Waals surface area (Å²) in [5.74, 6) is -0.351. The lowest BCUT2D eigenvalue weighted by Crippen LogP contribution is -2.48. The lowest BCUT2D eigenvalue weighted by molar-refractivity contribution is -0.140. The van der Waals surface area contributed by atoms with Crippen LogP contribution in [0.4, 0.5) is 4.79 Å². The SMILES string of the molecule is CCC1CC1NC(=O)NC1(C(=O)O)CC1. The molecule has 2 rings (SSSR count). The quantitative estimate of drug-likeness (QED) is 0.642. The Bertz CT molecular complexity index is 299. The maximum Gasteiger partial charge on any atom is 0.329 e. The number of carbonyl (C=O) groups excluding carboxylic acids is 1. The van der Waals surface area contributed by atoms with Gasteiger partial charge in [-0.05, 0) is 25.2 Å². The fraction of sp³-hybridized carbons (Fsp3) is 0.800. The van der Waals surface area contributed by atoms with Crippen LogP contribution in [-0.4, -0.2) is 28.7 Å². The summed E-state index contributed by atoms with van der Waals surface area (Å²) in [4.78, 5) is 22.2. The van der Waals surface area contributed by atoms with Gasteiger partial charge in [-0.1, -0.05) is 13.3 Å². The molecule has 0 saturated heterocycles. The minimum absolute atomic E-state index is 0.250. The second kappa shape index (κ2) is 3.40. The van der Waals surface area contributed by atoms with Crippen LogP contribution in [-0.2, 0) is 4.79 Å². The van der Waals surface area contributed by atoms with E-state index in [1.54, 1.807) is 0 Å². The van der Waals surface area contributed by atoms with Gasteiger partial charge in [-0.2, -0.15) is 0 Å². The number of carbonyl (C=O) groups is 2. The average Bonchev–Trinajstić information content (AvgIpc) is 3.02. The smallest absolute Gasteiger partial charge is 0.329 e. The molecule has 0 spiro atoms. The molecule has 2 aliphatic rings. The van der Waals surface area contributed by atoms with Crippen molar-refractivity contribution in [2.75, 3.05) is 0 Å². The lowest BCUT2D eigenvalue weighted by atomic mass is 10.3. The fourth-order valence-corrected chi connectivity index (χ4v) is 1.81. The maximum absolute atomic E-state index is 11.4. The average molecular weight is 212 g/mol. The topological polar surface area (TPSA) is 78.4 Å². The molecule has 3 N–H and O–H groups in total. The third-order valence-electron chi connectivity index (χ3n) is 3.28. The molecule has 0 heterocycles. The molecule has 5 nitrogen and oxygen atoms in total. The molecule has 0 aromatic carbocycles. The van der Waals surface area contributed by atoms with Crippen molar-refractivity contribution in [3.63, 3.8) is 0 Å². The van der Waals surface area contributed by atoms with Crippen molar-refractivity contribution in [1.82, 2.24) is 10.6 Å². The van der Waals surface area contributed by atoms with Crippen molar-refractivity contribution in [3.8, 4) is 0 Å². The number of urea groups is 1. The lowest BCUT2D eigenvalue weighted by Gasteiger charge is -2.13. The third-order valence-corrected chi connectivity index (χ3v) is 3.28. The summed E-state index contributed by atoms with van der Waals surface area (Å²) < 4.78 is 0. The Labute approximate surface area is 88.2 Å². The van der Waals surface area contributed by atoms with Gasteiger partial charge in [0.1, 0.15) is 5.54 Å². The molecule has 2 atom stereocenters. The predicted octanol–water partition coefficient (Wildman–Crippen LogP) is 0.701. The third kappa shape index (κ3) is 2.06. The normalized spacial score (nSPS) is 30.5. The molecule has 2 amide bonds. The largest absolute Gasteiger partial charge is 0.480 e. The van der Waals surface area contributed by atoms with Crippen molar-refractivity contribution >= 4 is 12.0 Å². The Hall–Kier alpha value is -1.26. The first-order valence-corrected chi connectivity index (χ1v) is 5.39. The van der Waals surface area contributed by atoms with Gasteiger partial charge in [0.25, 0.3) is 0 Å². The van der Waals surface area contributed by atoms with E-state index in [2.05, 4.69) is 17.6 Å². The Balaban J connectivity index is 1.76. The Morgan fingerprint density at radius 1 is 1.47 bits per heavy atom. The van der Waals surface area contributed by atoms with Gasteiger partial charge in [-0.25, -0.2) is 9.59 Å². The van der Waals surface area contributed by atoms with Gasteiger partial charge in [-0.3, -0.25) is 0 Å². The van der Waals surface area contributed by atoms with Crippen LogP contribution in [0, 0.1) is 5.92 Å². The molecule has 2 aliphatic carbocycles. The van der Waals surface area contributed by atoms with Crippen molar-refractivity contribution in [3.05, 3.63) is 0 Å². The van der Waals surface area contributed by atoms with Gasteiger partial charge in [0.2, 0.25) is 0 Å². The molecule has 84 valence electrons. The summed E-state index contributed by atoms with van der Waals surface area (Å²) >= 11 is 0. The summed E-state index contributed by atoms with van der Waals surface area (Å²) in [5.41, 5.74) is -0.972. The van der Waals surface area contributed by atoms with E-state index in [0.29, 0.717) is 18.8 Å². The van der Waals surface area contributed by atoms with Gasteiger partial charge in [0, 0.05) is 6.04 Å². The molecule has 5 heteroatoms. The van der Waals surface area contributed by atoms with Crippen LogP contribution in [0.1, 0.15) is 32.6 Å². The summed E-state index contributed by atoms with van der Waals surface area (Å²) in [5, 5.41) is 14.2. The standard InChI is InChI=1S/C10H16N2O3/c1-2-6-5-7(6)11-9(15)12-10(3-4-10)8(13)14/h6-7H,2-5H2,1H3,(H,13,14)(H2,11,12,15). The number of nitrogens with one attached hydrogen (secondary N) is 2. The molecule has 2 unspecified atom stereocenters. The molecular formula is C10H16N2O3. The van der Waals surface area contributed by atoms with Gasteiger partial charge in [0.15, 0.2) is 0 Å². The second-order valence-corrected chi connectivity index (χ2v) is 4.50. The molecule has 0 aromatic rings. The van der Waals surface area contributed by atoms with Crippen LogP contribution in [0.3, 0.4) is 0 Å². The zero-order valence-corrected chi connectivity index (χ0v) is 8.75. The Morgan fingerprint density at radius 3 is 2.53 bits per heavy atom. The van der Waals surface area contributed by atoms with E-state index in [9.17, 15) is 9.59 Å². The van der Waals surface area contributed by atoms with E-state index in [0.717, 1.165) is 12.8 Å². The van der Waals surface area contributed by atoms with Crippen LogP contribution < -0.4 is 10.6 Å². The zero-order chi connectivity index (χ0) is 11.1. The minimum Gasteiger partial charge on any atom is -0.480 e. The highest BCUT2D eigenvalue weighted by Crippen LogP contribution is 2.36. The molecule has 2 fully saturated rings. The number of carboxylic acids is 1. The van der Waals surface area contributed by atoms with Crippen molar-refractivity contribution in [1.29, 1.82) is 0 Å². The van der Waals surface area contributed by atoms with Crippen LogP contribution in [0.15, 0.2) is 0 Å². The summed E-state index contributed by atoms with van der Waals surface area (Å²) in [6, 6.07) is -0.0876. The van der Waals surface area contributed by atoms with Gasteiger partial charge in [-0.15, -0.1) is 0 Å². The first-order chi connectivity index (χ1) is 7.07. The molecule has 0 bridgehead atoms. The molecular weight excluding hydrogens is 196 g/mol. The second-order valence-electron chi connectivity index (χ2n) is 4.50. The molecule has 15 heavy (non-hydrogen) atoms. The number of rotatable bonds is 4. The number of hydrogen-bond acceptors (Lipinski definition) is 2. The van der Waals surface area contributed by atoms with Gasteiger partial charge in [0.05, 0.1) is 0 Å². The summed E-state index contributed by atoms with van der Waals surface area (Å²) in [6.07, 6.45) is 3.16. The number of hydrogen-bond donors (Lipinski definition) is 3. The van der Waals surface area contributed by atoms with Gasteiger partial charge < -0.3 is 15.7 Å². The van der Waals surface area contributed by atoms with Crippen molar-refractivity contribution < 1.29 is 14.7 Å². The Morgan fingerprint density at radius 2 is 2.13 bits per heavy atom. The number of amides is 2. The highest BCUT2D eigenvalue weighted by Gasteiger charge is 2.52. The van der Waals surface area contributed by atoms with E-state index in [1.165, 1.54) is 0 Å². The highest BCUT2D eigenvalue weighted by molar-refractivity contribution is 5.89. The Kier molecular flexibility index (Phi) is 2.32. The first kappa shape index (κ1) is 10.3. The van der Waals surface area contributed by atoms with Gasteiger partial charge >= 0.3 is 12.0 Å². The summed E-state index contributed by atoms with van der Waals surface area (Å²) in [7, 11) is 0. The van der Waals surface area contributed by atoms with Crippen molar-refractivity contribution in [2.45, 2.75) is 44.2 Å². The van der Waals surface area contributed by atoms with Crippen LogP contribution >= 0.6 is 0 Å². The van der Waals surface area contributed by atoms with Crippen molar-refractivity contribution in [2.24, 2.45) is 5.92 Å². The molecule has 0 radical (unpaired) electrons. The first-order valence-electron chi connectivity index (χ1n) is 5.39. The molecule has 0 aromatic heterocycles. The van der Waals surface area contributed by atoms with E-state index in [4.69, 9.17) is 5.11 Å². The summed E-state index contributed by atoms with van der Waals surface area (Å²) in [6.45, 7) is 2.09. The highest BCUT2D eigenvalue weighted by atomic mass is 16.4. The number of aliphatic carboxylic acids is 1. The van der Waals surface area contributed by atoms with E-state index in [-0.39, 0.29) is 12.1 Å². The van der Waals surface area contributed by atoms with E-state index >= 15 is 0 Å².